The van der Waals surface area contributed by atoms with E-state index < -0.39 is 0 Å². The number of aryl methyl sites for hydroxylation is 3. The van der Waals surface area contributed by atoms with E-state index in [1.165, 1.54) is 27.7 Å². The molecule has 0 aliphatic carbocycles. The van der Waals surface area contributed by atoms with Crippen molar-refractivity contribution < 1.29 is 0 Å². The van der Waals surface area contributed by atoms with Crippen molar-refractivity contribution in [3.63, 3.8) is 0 Å². The maximum atomic E-state index is 3.54. The monoisotopic (exact) mass is 251 g/mol. The minimum absolute atomic E-state index is 1.09. The fourth-order valence-corrected chi connectivity index (χ4v) is 2.64. The number of benzene rings is 1. The molecule has 74 valence electrons. The molecule has 1 nitrogen and oxygen atoms in total. The third kappa shape index (κ3) is 1.38. The lowest BCUT2D eigenvalue weighted by atomic mass is 10.1. The first-order valence-corrected chi connectivity index (χ1v) is 5.70. The maximum Gasteiger partial charge on any atom is 0.0489 e. The molecule has 2 heteroatoms. The number of aromatic amines is 1. The Kier molecular flexibility index (Phi) is 2.40. The molecule has 0 radical (unpaired) electrons. The fourth-order valence-electron chi connectivity index (χ4n) is 2.07. The van der Waals surface area contributed by atoms with Crippen LogP contribution < -0.4 is 0 Å². The minimum Gasteiger partial charge on any atom is -0.358 e. The van der Waals surface area contributed by atoms with Crippen LogP contribution in [-0.2, 0) is 6.42 Å². The van der Waals surface area contributed by atoms with Crippen molar-refractivity contribution >= 4 is 26.8 Å². The van der Waals surface area contributed by atoms with Gasteiger partial charge in [-0.1, -0.05) is 22.9 Å². The molecule has 0 fully saturated rings. The van der Waals surface area contributed by atoms with Gasteiger partial charge in [-0.3, -0.25) is 0 Å². The second-order valence-corrected chi connectivity index (χ2v) is 4.64. The first kappa shape index (κ1) is 9.78. The Bertz CT molecular complexity index is 483. The zero-order chi connectivity index (χ0) is 10.3. The summed E-state index contributed by atoms with van der Waals surface area (Å²) in [5, 5.41) is 1.36. The topological polar surface area (TPSA) is 15.8 Å². The summed E-state index contributed by atoms with van der Waals surface area (Å²) in [6.07, 6.45) is 1.09. The van der Waals surface area contributed by atoms with Crippen LogP contribution in [0.25, 0.3) is 10.9 Å². The molecule has 0 amide bonds. The van der Waals surface area contributed by atoms with Crippen molar-refractivity contribution in [3.05, 3.63) is 33.4 Å². The standard InChI is InChI=1S/C12H14BrN/c1-4-10-8(3)14-12-7(2)5-9(13)6-11(10)12/h5-6,14H,4H2,1-3H3. The van der Waals surface area contributed by atoms with Crippen LogP contribution in [0.3, 0.4) is 0 Å². The quantitative estimate of drug-likeness (QED) is 0.786. The molecular formula is C12H14BrN. The van der Waals surface area contributed by atoms with Crippen molar-refractivity contribution in [2.75, 3.05) is 0 Å². The summed E-state index contributed by atoms with van der Waals surface area (Å²) >= 11 is 3.54. The zero-order valence-corrected chi connectivity index (χ0v) is 10.3. The van der Waals surface area contributed by atoms with Crippen LogP contribution in [0.4, 0.5) is 0 Å². The molecule has 0 saturated heterocycles. The van der Waals surface area contributed by atoms with E-state index in [0.29, 0.717) is 0 Å². The number of rotatable bonds is 1. The van der Waals surface area contributed by atoms with E-state index in [0.717, 1.165) is 10.9 Å². The van der Waals surface area contributed by atoms with Gasteiger partial charge in [-0.05, 0) is 43.5 Å². The predicted octanol–water partition coefficient (Wildman–Crippen LogP) is 4.11. The summed E-state index contributed by atoms with van der Waals surface area (Å²) in [5.41, 5.74) is 5.31. The molecule has 0 bridgehead atoms. The first-order valence-electron chi connectivity index (χ1n) is 4.90. The molecule has 2 aromatic rings. The SMILES string of the molecule is CCc1c(C)[nH]c2c(C)cc(Br)cc12. The Labute approximate surface area is 92.6 Å². The van der Waals surface area contributed by atoms with E-state index in [9.17, 15) is 0 Å². The fraction of sp³-hybridized carbons (Fsp3) is 0.333. The van der Waals surface area contributed by atoms with Crippen LogP contribution in [0.1, 0.15) is 23.7 Å². The lowest BCUT2D eigenvalue weighted by Gasteiger charge is -1.99. The van der Waals surface area contributed by atoms with E-state index in [1.807, 2.05) is 0 Å². The minimum atomic E-state index is 1.09. The predicted molar refractivity (Wildman–Crippen MR) is 64.9 cm³/mol. The van der Waals surface area contributed by atoms with Crippen LogP contribution in [0.5, 0.6) is 0 Å². The molecule has 0 atom stereocenters. The molecule has 0 unspecified atom stereocenters. The van der Waals surface area contributed by atoms with Gasteiger partial charge in [-0.2, -0.15) is 0 Å². The van der Waals surface area contributed by atoms with Gasteiger partial charge >= 0.3 is 0 Å². The lowest BCUT2D eigenvalue weighted by molar-refractivity contribution is 1.11. The second-order valence-electron chi connectivity index (χ2n) is 3.73. The van der Waals surface area contributed by atoms with Gasteiger partial charge in [-0.25, -0.2) is 0 Å². The van der Waals surface area contributed by atoms with Gasteiger partial charge in [0.05, 0.1) is 0 Å². The van der Waals surface area contributed by atoms with Gasteiger partial charge in [0.2, 0.25) is 0 Å². The highest BCUT2D eigenvalue weighted by Gasteiger charge is 2.08. The number of nitrogens with one attached hydrogen (secondary N) is 1. The van der Waals surface area contributed by atoms with Crippen LogP contribution in [0.2, 0.25) is 0 Å². The van der Waals surface area contributed by atoms with Crippen molar-refractivity contribution in [2.24, 2.45) is 0 Å². The van der Waals surface area contributed by atoms with E-state index in [-0.39, 0.29) is 0 Å². The average Bonchev–Trinajstić information content (AvgIpc) is 2.41. The first-order chi connectivity index (χ1) is 6.63. The van der Waals surface area contributed by atoms with Gasteiger partial charge in [0, 0.05) is 21.1 Å². The zero-order valence-electron chi connectivity index (χ0n) is 8.74. The molecule has 1 N–H and O–H groups in total. The number of fused-ring (bicyclic) bond motifs is 1. The molecule has 1 heterocycles. The van der Waals surface area contributed by atoms with Crippen LogP contribution in [0, 0.1) is 13.8 Å². The van der Waals surface area contributed by atoms with E-state index in [2.05, 4.69) is 53.8 Å². The summed E-state index contributed by atoms with van der Waals surface area (Å²) in [7, 11) is 0. The van der Waals surface area contributed by atoms with Crippen molar-refractivity contribution in [1.29, 1.82) is 0 Å². The number of hydrogen-bond acceptors (Lipinski definition) is 0. The molecule has 0 spiro atoms. The number of halogens is 1. The average molecular weight is 252 g/mol. The molecular weight excluding hydrogens is 238 g/mol. The number of hydrogen-bond donors (Lipinski definition) is 1. The van der Waals surface area contributed by atoms with Crippen LogP contribution in [0.15, 0.2) is 16.6 Å². The second kappa shape index (κ2) is 3.43. The largest absolute Gasteiger partial charge is 0.358 e. The van der Waals surface area contributed by atoms with Gasteiger partial charge in [-0.15, -0.1) is 0 Å². The number of aromatic nitrogens is 1. The molecule has 0 aliphatic heterocycles. The van der Waals surface area contributed by atoms with Crippen molar-refractivity contribution in [1.82, 2.24) is 4.98 Å². The van der Waals surface area contributed by atoms with Crippen molar-refractivity contribution in [2.45, 2.75) is 27.2 Å². The Hall–Kier alpha value is -0.760. The van der Waals surface area contributed by atoms with E-state index in [1.54, 1.807) is 0 Å². The van der Waals surface area contributed by atoms with Gasteiger partial charge < -0.3 is 4.98 Å². The molecule has 0 saturated carbocycles. The van der Waals surface area contributed by atoms with Crippen LogP contribution in [-0.4, -0.2) is 4.98 Å². The lowest BCUT2D eigenvalue weighted by Crippen LogP contribution is -1.80. The molecule has 2 rings (SSSR count). The Morgan fingerprint density at radius 3 is 2.64 bits per heavy atom. The smallest absolute Gasteiger partial charge is 0.0489 e. The van der Waals surface area contributed by atoms with Crippen molar-refractivity contribution in [3.8, 4) is 0 Å². The Morgan fingerprint density at radius 2 is 2.00 bits per heavy atom. The summed E-state index contributed by atoms with van der Waals surface area (Å²) in [6, 6.07) is 4.35. The van der Waals surface area contributed by atoms with Gasteiger partial charge in [0.1, 0.15) is 0 Å². The highest BCUT2D eigenvalue weighted by Crippen LogP contribution is 2.28. The Morgan fingerprint density at radius 1 is 1.29 bits per heavy atom. The summed E-state index contributed by atoms with van der Waals surface area (Å²) in [4.78, 5) is 3.45. The van der Waals surface area contributed by atoms with Gasteiger partial charge in [0.25, 0.3) is 0 Å². The molecule has 1 aromatic heterocycles. The maximum absolute atomic E-state index is 3.54. The number of H-pyrrole nitrogens is 1. The highest BCUT2D eigenvalue weighted by atomic mass is 79.9. The molecule has 14 heavy (non-hydrogen) atoms. The van der Waals surface area contributed by atoms with Gasteiger partial charge in [0.15, 0.2) is 0 Å². The molecule has 1 aromatic carbocycles. The highest BCUT2D eigenvalue weighted by molar-refractivity contribution is 9.10. The van der Waals surface area contributed by atoms with Crippen LogP contribution >= 0.6 is 15.9 Å². The normalized spacial score (nSPS) is 11.1. The summed E-state index contributed by atoms with van der Waals surface area (Å²) < 4.78 is 1.16. The summed E-state index contributed by atoms with van der Waals surface area (Å²) in [5.74, 6) is 0. The van der Waals surface area contributed by atoms with E-state index >= 15 is 0 Å². The Balaban J connectivity index is 2.87. The third-order valence-electron chi connectivity index (χ3n) is 2.74. The third-order valence-corrected chi connectivity index (χ3v) is 3.20. The van der Waals surface area contributed by atoms with E-state index in [4.69, 9.17) is 0 Å². The molecule has 0 aliphatic rings. The summed E-state index contributed by atoms with van der Waals surface area (Å²) in [6.45, 7) is 6.49.